The lowest BCUT2D eigenvalue weighted by Crippen LogP contribution is -2.36. The first kappa shape index (κ1) is 11.5. The zero-order valence-electron chi connectivity index (χ0n) is 9.24. The lowest BCUT2D eigenvalue weighted by atomic mass is 10.1. The first-order valence-electron chi connectivity index (χ1n) is 4.60. The van der Waals surface area contributed by atoms with Crippen molar-refractivity contribution in [1.82, 2.24) is 9.97 Å². The summed E-state index contributed by atoms with van der Waals surface area (Å²) in [5.74, 6) is 1.10. The molecule has 84 valence electrons. The van der Waals surface area contributed by atoms with Gasteiger partial charge in [0.25, 0.3) is 0 Å². The summed E-state index contributed by atoms with van der Waals surface area (Å²) in [5, 5.41) is 3.16. The van der Waals surface area contributed by atoms with Crippen LogP contribution < -0.4 is 16.8 Å². The Hall–Kier alpha value is -1.56. The van der Waals surface area contributed by atoms with Gasteiger partial charge in [0, 0.05) is 13.2 Å². The van der Waals surface area contributed by atoms with Gasteiger partial charge < -0.3 is 21.5 Å². The Morgan fingerprint density at radius 1 is 1.40 bits per heavy atom. The van der Waals surface area contributed by atoms with Gasteiger partial charge in [-0.3, -0.25) is 0 Å². The number of ether oxygens (including phenoxy) is 1. The first-order chi connectivity index (χ1) is 6.93. The van der Waals surface area contributed by atoms with E-state index in [1.807, 2.05) is 13.8 Å². The van der Waals surface area contributed by atoms with E-state index in [2.05, 4.69) is 15.3 Å². The van der Waals surface area contributed by atoms with Crippen molar-refractivity contribution >= 4 is 17.6 Å². The minimum atomic E-state index is -0.234. The largest absolute Gasteiger partial charge is 0.383 e. The molecule has 0 unspecified atom stereocenters. The molecular formula is C9H17N5O. The molecule has 0 aliphatic rings. The number of nitrogens with one attached hydrogen (secondary N) is 1. The monoisotopic (exact) mass is 211 g/mol. The average Bonchev–Trinajstić information content (AvgIpc) is 1.99. The number of hydrogen-bond donors (Lipinski definition) is 3. The molecule has 0 saturated carbocycles. The molecule has 1 heterocycles. The normalized spacial score (nSPS) is 11.4. The van der Waals surface area contributed by atoms with Crippen LogP contribution >= 0.6 is 0 Å². The van der Waals surface area contributed by atoms with E-state index in [0.29, 0.717) is 18.2 Å². The van der Waals surface area contributed by atoms with Gasteiger partial charge in [0.05, 0.1) is 12.1 Å². The molecule has 6 nitrogen and oxygen atoms in total. The van der Waals surface area contributed by atoms with Gasteiger partial charge in [-0.1, -0.05) is 0 Å². The van der Waals surface area contributed by atoms with Gasteiger partial charge in [0.1, 0.15) is 11.6 Å². The van der Waals surface area contributed by atoms with Gasteiger partial charge >= 0.3 is 0 Å². The number of nitrogen functional groups attached to an aromatic ring is 2. The van der Waals surface area contributed by atoms with E-state index in [0.717, 1.165) is 0 Å². The third kappa shape index (κ3) is 3.59. The molecule has 1 rings (SSSR count). The molecule has 5 N–H and O–H groups in total. The van der Waals surface area contributed by atoms with Crippen molar-refractivity contribution < 1.29 is 4.74 Å². The minimum absolute atomic E-state index is 0.158. The van der Waals surface area contributed by atoms with Crippen molar-refractivity contribution in [3.05, 3.63) is 6.07 Å². The van der Waals surface area contributed by atoms with Gasteiger partial charge in [-0.05, 0) is 13.8 Å². The highest BCUT2D eigenvalue weighted by atomic mass is 16.5. The molecule has 0 bridgehead atoms. The molecular weight excluding hydrogens is 194 g/mol. The van der Waals surface area contributed by atoms with Crippen LogP contribution in [0.4, 0.5) is 17.6 Å². The molecule has 15 heavy (non-hydrogen) atoms. The highest BCUT2D eigenvalue weighted by molar-refractivity contribution is 5.49. The van der Waals surface area contributed by atoms with Crippen LogP contribution in [0.15, 0.2) is 6.07 Å². The number of hydrogen-bond acceptors (Lipinski definition) is 6. The smallest absolute Gasteiger partial charge is 0.223 e. The summed E-state index contributed by atoms with van der Waals surface area (Å²) in [6.45, 7) is 4.53. The van der Waals surface area contributed by atoms with Crippen molar-refractivity contribution in [2.24, 2.45) is 0 Å². The SMILES string of the molecule is COCC(C)(C)Nc1cc(N)nc(N)n1. The molecule has 0 saturated heterocycles. The first-order valence-corrected chi connectivity index (χ1v) is 4.60. The molecule has 1 aromatic rings. The number of aromatic nitrogens is 2. The highest BCUT2D eigenvalue weighted by Crippen LogP contribution is 2.15. The second kappa shape index (κ2) is 4.31. The zero-order valence-corrected chi connectivity index (χ0v) is 9.24. The maximum absolute atomic E-state index is 5.55. The number of nitrogens with two attached hydrogens (primary N) is 2. The average molecular weight is 211 g/mol. The summed E-state index contributed by atoms with van der Waals surface area (Å²) in [6.07, 6.45) is 0. The summed E-state index contributed by atoms with van der Waals surface area (Å²) in [5.41, 5.74) is 10.8. The number of methoxy groups -OCH3 is 1. The van der Waals surface area contributed by atoms with E-state index in [1.165, 1.54) is 0 Å². The van der Waals surface area contributed by atoms with Gasteiger partial charge in [0.15, 0.2) is 0 Å². The van der Waals surface area contributed by atoms with Crippen molar-refractivity contribution in [2.45, 2.75) is 19.4 Å². The van der Waals surface area contributed by atoms with Crippen LogP contribution in [0.25, 0.3) is 0 Å². The lowest BCUT2D eigenvalue weighted by molar-refractivity contribution is 0.158. The predicted octanol–water partition coefficient (Wildman–Crippen LogP) is 0.478. The van der Waals surface area contributed by atoms with Crippen LogP contribution in [0.5, 0.6) is 0 Å². The van der Waals surface area contributed by atoms with E-state index < -0.39 is 0 Å². The van der Waals surface area contributed by atoms with Crippen LogP contribution in [0.3, 0.4) is 0 Å². The van der Waals surface area contributed by atoms with Crippen LogP contribution in [-0.4, -0.2) is 29.2 Å². The number of rotatable bonds is 4. The molecule has 6 heteroatoms. The van der Waals surface area contributed by atoms with Crippen molar-refractivity contribution in [3.63, 3.8) is 0 Å². The minimum Gasteiger partial charge on any atom is -0.383 e. The van der Waals surface area contributed by atoms with Gasteiger partial charge in [-0.25, -0.2) is 0 Å². The van der Waals surface area contributed by atoms with Crippen LogP contribution in [0.1, 0.15) is 13.8 Å². The molecule has 1 aromatic heterocycles. The fraction of sp³-hybridized carbons (Fsp3) is 0.556. The van der Waals surface area contributed by atoms with Crippen molar-refractivity contribution in [3.8, 4) is 0 Å². The molecule has 0 spiro atoms. The number of nitrogens with zero attached hydrogens (tertiary/aromatic N) is 2. The quantitative estimate of drug-likeness (QED) is 0.669. The number of anilines is 3. The molecule has 0 amide bonds. The third-order valence-corrected chi connectivity index (χ3v) is 1.73. The summed E-state index contributed by atoms with van der Waals surface area (Å²) >= 11 is 0. The maximum Gasteiger partial charge on any atom is 0.223 e. The second-order valence-corrected chi connectivity index (χ2v) is 3.98. The molecule has 0 fully saturated rings. The molecule has 0 aliphatic heterocycles. The highest BCUT2D eigenvalue weighted by Gasteiger charge is 2.18. The maximum atomic E-state index is 5.55. The van der Waals surface area contributed by atoms with E-state index in [9.17, 15) is 0 Å². The van der Waals surface area contributed by atoms with Gasteiger partial charge in [-0.2, -0.15) is 9.97 Å². The fourth-order valence-electron chi connectivity index (χ4n) is 1.29. The van der Waals surface area contributed by atoms with Crippen molar-refractivity contribution in [2.75, 3.05) is 30.5 Å². The fourth-order valence-corrected chi connectivity index (χ4v) is 1.29. The van der Waals surface area contributed by atoms with Crippen LogP contribution in [0.2, 0.25) is 0 Å². The summed E-state index contributed by atoms with van der Waals surface area (Å²) in [6, 6.07) is 1.63. The molecule has 0 aromatic carbocycles. The zero-order chi connectivity index (χ0) is 11.5. The van der Waals surface area contributed by atoms with E-state index in [1.54, 1.807) is 13.2 Å². The van der Waals surface area contributed by atoms with E-state index in [4.69, 9.17) is 16.2 Å². The molecule has 0 radical (unpaired) electrons. The molecule has 0 aliphatic carbocycles. The predicted molar refractivity (Wildman–Crippen MR) is 60.4 cm³/mol. The van der Waals surface area contributed by atoms with E-state index in [-0.39, 0.29) is 11.5 Å². The summed E-state index contributed by atoms with van der Waals surface area (Å²) in [7, 11) is 1.64. The molecule has 0 atom stereocenters. The van der Waals surface area contributed by atoms with Crippen LogP contribution in [-0.2, 0) is 4.74 Å². The Kier molecular flexibility index (Phi) is 3.31. The second-order valence-electron chi connectivity index (χ2n) is 3.98. The van der Waals surface area contributed by atoms with Gasteiger partial charge in [0.2, 0.25) is 5.95 Å². The third-order valence-electron chi connectivity index (χ3n) is 1.73. The standard InChI is InChI=1S/C9H17N5O/c1-9(2,5-15-3)14-7-4-6(10)12-8(11)13-7/h4H,5H2,1-3H3,(H5,10,11,12,13,14). The Balaban J connectivity index is 2.80. The van der Waals surface area contributed by atoms with Crippen molar-refractivity contribution in [1.29, 1.82) is 0 Å². The lowest BCUT2D eigenvalue weighted by Gasteiger charge is -2.25. The Labute approximate surface area is 89.0 Å². The Morgan fingerprint density at radius 2 is 2.07 bits per heavy atom. The van der Waals surface area contributed by atoms with E-state index >= 15 is 0 Å². The Morgan fingerprint density at radius 3 is 2.60 bits per heavy atom. The van der Waals surface area contributed by atoms with Gasteiger partial charge in [-0.15, -0.1) is 0 Å². The summed E-state index contributed by atoms with van der Waals surface area (Å²) < 4.78 is 5.07. The van der Waals surface area contributed by atoms with Crippen LogP contribution in [0, 0.1) is 0 Å². The summed E-state index contributed by atoms with van der Waals surface area (Å²) in [4.78, 5) is 7.80. The Bertz CT molecular complexity index is 319. The topological polar surface area (TPSA) is 99.1 Å².